The Bertz CT molecular complexity index is 612. The average Bonchev–Trinajstić information content (AvgIpc) is 2.83. The number of aromatic hydroxyl groups is 1. The van der Waals surface area contributed by atoms with E-state index in [2.05, 4.69) is 5.32 Å². The largest absolute Gasteiger partial charge is 0.508 e. The van der Waals surface area contributed by atoms with Gasteiger partial charge in [0, 0.05) is 6.04 Å². The van der Waals surface area contributed by atoms with Crippen molar-refractivity contribution in [2.24, 2.45) is 0 Å². The topological polar surface area (TPSA) is 32.3 Å². The van der Waals surface area contributed by atoms with Crippen LogP contribution < -0.4 is 5.32 Å². The lowest BCUT2D eigenvalue weighted by Gasteiger charge is -2.14. The number of nitrogens with one attached hydrogen (secondary N) is 1. The molecule has 2 aromatic rings. The molecule has 1 atom stereocenters. The SMILES string of the molecule is Oc1ccccc1CCN[C@H]1CCc2ccc(F)cc21. The van der Waals surface area contributed by atoms with E-state index in [0.717, 1.165) is 36.9 Å². The summed E-state index contributed by atoms with van der Waals surface area (Å²) in [5, 5.41) is 13.2. The lowest BCUT2D eigenvalue weighted by molar-refractivity contribution is 0.463. The van der Waals surface area contributed by atoms with E-state index in [-0.39, 0.29) is 11.9 Å². The molecule has 0 bridgehead atoms. The first-order valence-corrected chi connectivity index (χ1v) is 7.02. The maximum Gasteiger partial charge on any atom is 0.123 e. The fourth-order valence-electron chi connectivity index (χ4n) is 2.89. The van der Waals surface area contributed by atoms with E-state index in [0.29, 0.717) is 5.75 Å². The van der Waals surface area contributed by atoms with E-state index >= 15 is 0 Å². The first-order chi connectivity index (χ1) is 9.74. The standard InChI is InChI=1S/C17H18FNO/c18-14-7-5-12-6-8-16(15(12)11-14)19-10-9-13-3-1-2-4-17(13)20/h1-5,7,11,16,19-20H,6,8-10H2/t16-/m0/s1. The van der Waals surface area contributed by atoms with Gasteiger partial charge in [-0.3, -0.25) is 0 Å². The molecule has 0 spiro atoms. The lowest BCUT2D eigenvalue weighted by atomic mass is 10.1. The monoisotopic (exact) mass is 271 g/mol. The number of hydrogen-bond acceptors (Lipinski definition) is 2. The molecule has 104 valence electrons. The van der Waals surface area contributed by atoms with Crippen LogP contribution >= 0.6 is 0 Å². The highest BCUT2D eigenvalue weighted by Gasteiger charge is 2.22. The molecule has 2 nitrogen and oxygen atoms in total. The summed E-state index contributed by atoms with van der Waals surface area (Å²) < 4.78 is 13.3. The molecule has 2 aromatic carbocycles. The van der Waals surface area contributed by atoms with Crippen LogP contribution in [0, 0.1) is 5.82 Å². The van der Waals surface area contributed by atoms with E-state index in [1.54, 1.807) is 12.1 Å². The van der Waals surface area contributed by atoms with E-state index in [1.165, 1.54) is 11.6 Å². The number of hydrogen-bond donors (Lipinski definition) is 2. The zero-order valence-corrected chi connectivity index (χ0v) is 11.3. The third kappa shape index (κ3) is 2.68. The van der Waals surface area contributed by atoms with E-state index in [4.69, 9.17) is 0 Å². The van der Waals surface area contributed by atoms with Crippen LogP contribution in [0.3, 0.4) is 0 Å². The molecule has 0 heterocycles. The summed E-state index contributed by atoms with van der Waals surface area (Å²) in [6.45, 7) is 0.776. The van der Waals surface area contributed by atoms with Crippen molar-refractivity contribution in [2.75, 3.05) is 6.54 Å². The first kappa shape index (κ1) is 13.1. The lowest BCUT2D eigenvalue weighted by Crippen LogP contribution is -2.22. The van der Waals surface area contributed by atoms with Crippen molar-refractivity contribution in [3.63, 3.8) is 0 Å². The number of rotatable bonds is 4. The molecular weight excluding hydrogens is 253 g/mol. The molecule has 3 rings (SSSR count). The summed E-state index contributed by atoms with van der Waals surface area (Å²) in [6, 6.07) is 12.7. The summed E-state index contributed by atoms with van der Waals surface area (Å²) in [6.07, 6.45) is 2.79. The van der Waals surface area contributed by atoms with Gasteiger partial charge in [-0.2, -0.15) is 0 Å². The second-order valence-corrected chi connectivity index (χ2v) is 5.27. The van der Waals surface area contributed by atoms with Gasteiger partial charge in [0.25, 0.3) is 0 Å². The normalized spacial score (nSPS) is 17.1. The molecule has 0 radical (unpaired) electrons. The Balaban J connectivity index is 1.61. The Morgan fingerprint density at radius 2 is 2.05 bits per heavy atom. The van der Waals surface area contributed by atoms with E-state index in [1.807, 2.05) is 24.3 Å². The fourth-order valence-corrected chi connectivity index (χ4v) is 2.89. The molecule has 0 saturated heterocycles. The molecule has 3 heteroatoms. The zero-order valence-electron chi connectivity index (χ0n) is 11.3. The number of phenolic OH excluding ortho intramolecular Hbond substituents is 1. The second kappa shape index (κ2) is 5.63. The van der Waals surface area contributed by atoms with E-state index < -0.39 is 0 Å². The minimum absolute atomic E-state index is 0.168. The average molecular weight is 271 g/mol. The fraction of sp³-hybridized carbons (Fsp3) is 0.294. The number of fused-ring (bicyclic) bond motifs is 1. The zero-order chi connectivity index (χ0) is 13.9. The second-order valence-electron chi connectivity index (χ2n) is 5.27. The highest BCUT2D eigenvalue weighted by molar-refractivity contribution is 5.35. The van der Waals surface area contributed by atoms with Gasteiger partial charge in [-0.25, -0.2) is 4.39 Å². The molecule has 0 saturated carbocycles. The highest BCUT2D eigenvalue weighted by atomic mass is 19.1. The maximum absolute atomic E-state index is 13.3. The Labute approximate surface area is 118 Å². The minimum atomic E-state index is -0.168. The summed E-state index contributed by atoms with van der Waals surface area (Å²) in [7, 11) is 0. The van der Waals surface area contributed by atoms with Crippen LogP contribution in [0.5, 0.6) is 5.75 Å². The van der Waals surface area contributed by atoms with Gasteiger partial charge in [-0.15, -0.1) is 0 Å². The van der Waals surface area contributed by atoms with Crippen LogP contribution in [0.4, 0.5) is 4.39 Å². The Hall–Kier alpha value is -1.87. The molecule has 0 unspecified atom stereocenters. The van der Waals surface area contributed by atoms with Crippen LogP contribution in [0.2, 0.25) is 0 Å². The molecule has 1 aliphatic carbocycles. The molecule has 0 aromatic heterocycles. The van der Waals surface area contributed by atoms with Crippen molar-refractivity contribution < 1.29 is 9.50 Å². The van der Waals surface area contributed by atoms with Crippen LogP contribution in [0.15, 0.2) is 42.5 Å². The number of halogens is 1. The third-order valence-corrected chi connectivity index (χ3v) is 3.96. The molecule has 0 aliphatic heterocycles. The molecule has 0 amide bonds. The minimum Gasteiger partial charge on any atom is -0.508 e. The summed E-state index contributed by atoms with van der Waals surface area (Å²) in [4.78, 5) is 0. The smallest absolute Gasteiger partial charge is 0.123 e. The quantitative estimate of drug-likeness (QED) is 0.893. The van der Waals surface area contributed by atoms with Crippen molar-refractivity contribution in [2.45, 2.75) is 25.3 Å². The van der Waals surface area contributed by atoms with Gasteiger partial charge in [-0.05, 0) is 60.7 Å². The van der Waals surface area contributed by atoms with Crippen molar-refractivity contribution in [3.8, 4) is 5.75 Å². The molecular formula is C17H18FNO. The number of aryl methyl sites for hydroxylation is 1. The van der Waals surface area contributed by atoms with Gasteiger partial charge in [0.05, 0.1) is 0 Å². The Morgan fingerprint density at radius 3 is 2.90 bits per heavy atom. The van der Waals surface area contributed by atoms with Crippen molar-refractivity contribution in [1.82, 2.24) is 5.32 Å². The first-order valence-electron chi connectivity index (χ1n) is 7.02. The number of phenols is 1. The third-order valence-electron chi connectivity index (χ3n) is 3.96. The van der Waals surface area contributed by atoms with Gasteiger partial charge in [-0.1, -0.05) is 24.3 Å². The molecule has 1 aliphatic rings. The van der Waals surface area contributed by atoms with Crippen molar-refractivity contribution in [3.05, 3.63) is 65.0 Å². The number of benzene rings is 2. The maximum atomic E-state index is 13.3. The van der Waals surface area contributed by atoms with Gasteiger partial charge < -0.3 is 10.4 Å². The number of para-hydroxylation sites is 1. The molecule has 2 N–H and O–H groups in total. The summed E-state index contributed by atoms with van der Waals surface area (Å²) in [5.74, 6) is 0.172. The Morgan fingerprint density at radius 1 is 1.20 bits per heavy atom. The summed E-state index contributed by atoms with van der Waals surface area (Å²) >= 11 is 0. The van der Waals surface area contributed by atoms with Crippen LogP contribution in [0.1, 0.15) is 29.2 Å². The Kier molecular flexibility index (Phi) is 3.70. The van der Waals surface area contributed by atoms with Crippen molar-refractivity contribution >= 4 is 0 Å². The van der Waals surface area contributed by atoms with Crippen LogP contribution in [-0.2, 0) is 12.8 Å². The highest BCUT2D eigenvalue weighted by Crippen LogP contribution is 2.31. The van der Waals surface area contributed by atoms with Gasteiger partial charge in [0.2, 0.25) is 0 Å². The van der Waals surface area contributed by atoms with Crippen molar-refractivity contribution in [1.29, 1.82) is 0 Å². The summed E-state index contributed by atoms with van der Waals surface area (Å²) in [5.41, 5.74) is 3.27. The molecule has 20 heavy (non-hydrogen) atoms. The molecule has 0 fully saturated rings. The van der Waals surface area contributed by atoms with Gasteiger partial charge >= 0.3 is 0 Å². The van der Waals surface area contributed by atoms with E-state index in [9.17, 15) is 9.50 Å². The predicted octanol–water partition coefficient (Wildman–Crippen LogP) is 3.35. The van der Waals surface area contributed by atoms with Gasteiger partial charge in [0.15, 0.2) is 0 Å². The predicted molar refractivity (Wildman–Crippen MR) is 77.3 cm³/mol. The van der Waals surface area contributed by atoms with Gasteiger partial charge in [0.1, 0.15) is 11.6 Å². The van der Waals surface area contributed by atoms with Crippen LogP contribution in [-0.4, -0.2) is 11.7 Å². The van der Waals surface area contributed by atoms with Crippen LogP contribution in [0.25, 0.3) is 0 Å².